The Balaban J connectivity index is 1.72. The fourth-order valence-electron chi connectivity index (χ4n) is 2.36. The number of thiophene rings is 1. The molecule has 0 saturated heterocycles. The van der Waals surface area contributed by atoms with Gasteiger partial charge in [0.1, 0.15) is 25.2 Å². The summed E-state index contributed by atoms with van der Waals surface area (Å²) in [6, 6.07) is 9.39. The van der Waals surface area contributed by atoms with Crippen molar-refractivity contribution >= 4 is 50.1 Å². The number of hydrogen-bond acceptors (Lipinski definition) is 8. The molecular weight excluding hydrogens is 386 g/mol. The molecule has 9 heteroatoms. The lowest BCUT2D eigenvalue weighted by molar-refractivity contribution is -0.119. The maximum atomic E-state index is 12.9. The molecule has 0 fully saturated rings. The van der Waals surface area contributed by atoms with Crippen LogP contribution in [0.4, 0.5) is 5.13 Å². The minimum absolute atomic E-state index is 0.0985. The monoisotopic (exact) mass is 401 g/mol. The molecule has 0 saturated carbocycles. The van der Waals surface area contributed by atoms with Crippen LogP contribution in [0, 0.1) is 0 Å². The summed E-state index contributed by atoms with van der Waals surface area (Å²) in [5.41, 5.74) is 0.759. The Hall–Kier alpha value is -2.91. The van der Waals surface area contributed by atoms with E-state index < -0.39 is 5.91 Å². The van der Waals surface area contributed by atoms with E-state index in [0.717, 1.165) is 20.8 Å². The van der Waals surface area contributed by atoms with Crippen LogP contribution in [0.25, 0.3) is 10.2 Å². The number of benzene rings is 1. The van der Waals surface area contributed by atoms with Crippen LogP contribution in [0.5, 0.6) is 5.75 Å². The number of ether oxygens (including phenoxy) is 3. The Morgan fingerprint density at radius 1 is 1.37 bits per heavy atom. The van der Waals surface area contributed by atoms with E-state index in [2.05, 4.69) is 10.1 Å². The van der Waals surface area contributed by atoms with Crippen LogP contribution in [-0.2, 0) is 14.3 Å². The number of thiazole rings is 1. The van der Waals surface area contributed by atoms with Crippen LogP contribution in [0.3, 0.4) is 0 Å². The quantitative estimate of drug-likeness (QED) is 0.482. The maximum absolute atomic E-state index is 12.9. The highest BCUT2D eigenvalue weighted by Gasteiger charge is 2.26. The number of carbonyl (C=O) groups excluding carboxylic acids is 1. The van der Waals surface area contributed by atoms with Crippen molar-refractivity contribution in [1.29, 1.82) is 0 Å². The number of hydrogen-bond donors (Lipinski definition) is 0. The lowest BCUT2D eigenvalue weighted by atomic mass is 10.3. The van der Waals surface area contributed by atoms with Gasteiger partial charge < -0.3 is 14.2 Å². The van der Waals surface area contributed by atoms with E-state index in [1.807, 2.05) is 35.7 Å². The van der Waals surface area contributed by atoms with Gasteiger partial charge in [-0.25, -0.2) is 4.98 Å². The molecular formula is C18H15N3O4S2. The molecule has 4 rings (SSSR count). The normalized spacial score (nSPS) is 13.9. The number of methoxy groups -OCH3 is 1. The van der Waals surface area contributed by atoms with E-state index in [-0.39, 0.29) is 5.76 Å². The van der Waals surface area contributed by atoms with Gasteiger partial charge in [-0.1, -0.05) is 17.4 Å². The topological polar surface area (TPSA) is 73.2 Å². The van der Waals surface area contributed by atoms with Gasteiger partial charge in [-0.2, -0.15) is 10.1 Å². The summed E-state index contributed by atoms with van der Waals surface area (Å²) in [6.07, 6.45) is 2.94. The van der Waals surface area contributed by atoms with Crippen molar-refractivity contribution in [3.05, 3.63) is 52.6 Å². The molecule has 0 radical (unpaired) electrons. The number of hydrazone groups is 1. The number of rotatable bonds is 5. The van der Waals surface area contributed by atoms with Gasteiger partial charge >= 0.3 is 5.91 Å². The summed E-state index contributed by atoms with van der Waals surface area (Å²) >= 11 is 2.87. The minimum Gasteiger partial charge on any atom is -0.497 e. The summed E-state index contributed by atoms with van der Waals surface area (Å²) in [6.45, 7) is 0.729. The third kappa shape index (κ3) is 3.79. The molecule has 0 atom stereocenters. The Labute approximate surface area is 163 Å². The van der Waals surface area contributed by atoms with Crippen molar-refractivity contribution in [1.82, 2.24) is 4.98 Å². The predicted octanol–water partition coefficient (Wildman–Crippen LogP) is 3.62. The van der Waals surface area contributed by atoms with Crippen LogP contribution in [-0.4, -0.2) is 37.4 Å². The fraction of sp³-hybridized carbons (Fsp3) is 0.167. The van der Waals surface area contributed by atoms with E-state index in [9.17, 15) is 4.79 Å². The van der Waals surface area contributed by atoms with Gasteiger partial charge in [0.2, 0.25) is 10.9 Å². The molecule has 138 valence electrons. The third-order valence-electron chi connectivity index (χ3n) is 3.66. The van der Waals surface area contributed by atoms with Gasteiger partial charge in [-0.15, -0.1) is 11.3 Å². The summed E-state index contributed by atoms with van der Waals surface area (Å²) < 4.78 is 16.8. The largest absolute Gasteiger partial charge is 0.497 e. The zero-order valence-corrected chi connectivity index (χ0v) is 16.0. The van der Waals surface area contributed by atoms with Gasteiger partial charge in [-0.3, -0.25) is 4.79 Å². The number of anilines is 1. The van der Waals surface area contributed by atoms with Gasteiger partial charge in [0, 0.05) is 4.88 Å². The average molecular weight is 401 g/mol. The molecule has 0 N–H and O–H groups in total. The van der Waals surface area contributed by atoms with E-state index in [1.54, 1.807) is 13.3 Å². The SMILES string of the molecule is COc1ccc2nc(N(/N=C/c3cccs3)C(=O)C3=COCCO3)sc2c1. The first-order valence-corrected chi connectivity index (χ1v) is 9.75. The first kappa shape index (κ1) is 17.5. The molecule has 0 unspecified atom stereocenters. The third-order valence-corrected chi connectivity index (χ3v) is 5.46. The second-order valence-electron chi connectivity index (χ2n) is 5.41. The van der Waals surface area contributed by atoms with Gasteiger partial charge in [0.25, 0.3) is 0 Å². The molecule has 7 nitrogen and oxygen atoms in total. The average Bonchev–Trinajstić information content (AvgIpc) is 3.37. The highest BCUT2D eigenvalue weighted by atomic mass is 32.1. The predicted molar refractivity (Wildman–Crippen MR) is 106 cm³/mol. The van der Waals surface area contributed by atoms with Crippen molar-refractivity contribution in [3.63, 3.8) is 0 Å². The van der Waals surface area contributed by atoms with Crippen molar-refractivity contribution in [2.75, 3.05) is 25.3 Å². The van der Waals surface area contributed by atoms with Crippen LogP contribution in [0.2, 0.25) is 0 Å². The van der Waals surface area contributed by atoms with Gasteiger partial charge in [-0.05, 0) is 29.6 Å². The number of carbonyl (C=O) groups is 1. The molecule has 0 aliphatic carbocycles. The Kier molecular flexibility index (Phi) is 5.03. The van der Waals surface area contributed by atoms with Crippen molar-refractivity contribution in [3.8, 4) is 5.75 Å². The van der Waals surface area contributed by atoms with E-state index in [4.69, 9.17) is 14.2 Å². The summed E-state index contributed by atoms with van der Waals surface area (Å²) in [5, 5.41) is 7.97. The molecule has 1 aliphatic rings. The fourth-order valence-corrected chi connectivity index (χ4v) is 3.89. The van der Waals surface area contributed by atoms with Gasteiger partial charge in [0.05, 0.1) is 23.5 Å². The van der Waals surface area contributed by atoms with Crippen molar-refractivity contribution in [2.45, 2.75) is 0 Å². The van der Waals surface area contributed by atoms with Crippen LogP contribution < -0.4 is 9.75 Å². The maximum Gasteiger partial charge on any atom is 0.319 e. The molecule has 1 amide bonds. The first-order valence-electron chi connectivity index (χ1n) is 8.06. The Morgan fingerprint density at radius 2 is 2.30 bits per heavy atom. The minimum atomic E-state index is -0.437. The van der Waals surface area contributed by atoms with E-state index in [1.165, 1.54) is 33.9 Å². The number of nitrogens with zero attached hydrogens (tertiary/aromatic N) is 3. The number of aromatic nitrogens is 1. The van der Waals surface area contributed by atoms with Crippen LogP contribution in [0.1, 0.15) is 4.88 Å². The summed E-state index contributed by atoms with van der Waals surface area (Å²) in [5.74, 6) is 0.388. The smallest absolute Gasteiger partial charge is 0.319 e. The van der Waals surface area contributed by atoms with E-state index in [0.29, 0.717) is 18.3 Å². The lowest BCUT2D eigenvalue weighted by Gasteiger charge is -2.18. The number of fused-ring (bicyclic) bond motifs is 1. The zero-order chi connectivity index (χ0) is 18.6. The van der Waals surface area contributed by atoms with E-state index >= 15 is 0 Å². The van der Waals surface area contributed by atoms with Crippen molar-refractivity contribution in [2.24, 2.45) is 5.10 Å². The second kappa shape index (κ2) is 7.77. The van der Waals surface area contributed by atoms with Gasteiger partial charge in [0.15, 0.2) is 0 Å². The molecule has 2 aromatic heterocycles. The molecule has 0 bridgehead atoms. The highest BCUT2D eigenvalue weighted by Crippen LogP contribution is 2.32. The Morgan fingerprint density at radius 3 is 3.04 bits per heavy atom. The standard InChI is InChI=1S/C18H15N3O4S2/c1-23-12-4-5-14-16(9-12)27-18(20-14)21(19-10-13-3-2-8-26-13)17(22)15-11-24-6-7-25-15/h2-5,8-11H,6-7H2,1H3/b19-10+. The summed E-state index contributed by atoms with van der Waals surface area (Å²) in [7, 11) is 1.61. The molecule has 27 heavy (non-hydrogen) atoms. The molecule has 3 aromatic rings. The number of amides is 1. The van der Waals surface area contributed by atoms with Crippen LogP contribution in [0.15, 0.2) is 52.8 Å². The first-order chi connectivity index (χ1) is 13.2. The zero-order valence-electron chi connectivity index (χ0n) is 14.3. The Bertz CT molecular complexity index is 1010. The molecule has 0 spiro atoms. The lowest BCUT2D eigenvalue weighted by Crippen LogP contribution is -2.30. The van der Waals surface area contributed by atoms with Crippen molar-refractivity contribution < 1.29 is 19.0 Å². The molecule has 3 heterocycles. The second-order valence-corrected chi connectivity index (χ2v) is 7.40. The summed E-state index contributed by atoms with van der Waals surface area (Å²) in [4.78, 5) is 18.4. The molecule has 1 aromatic carbocycles. The molecule has 1 aliphatic heterocycles. The van der Waals surface area contributed by atoms with Crippen LogP contribution >= 0.6 is 22.7 Å². The highest BCUT2D eigenvalue weighted by molar-refractivity contribution is 7.22.